The van der Waals surface area contributed by atoms with Gasteiger partial charge in [0.2, 0.25) is 10.0 Å². The number of carbonyl (C=O) groups is 1. The number of halogens is 2. The fraction of sp³-hybridized carbons (Fsp3) is 0.316. The van der Waals surface area contributed by atoms with Gasteiger partial charge in [-0.05, 0) is 51.0 Å². The Morgan fingerprint density at radius 2 is 1.85 bits per heavy atom. The monoisotopic (exact) mass is 426 g/mol. The highest BCUT2D eigenvalue weighted by atomic mass is 35.5. The minimum atomic E-state index is -3.87. The third-order valence-corrected chi connectivity index (χ3v) is 6.79. The molecule has 1 amide bonds. The van der Waals surface area contributed by atoms with Crippen molar-refractivity contribution in [2.75, 3.05) is 4.90 Å². The average molecular weight is 427 g/mol. The lowest BCUT2D eigenvalue weighted by Crippen LogP contribution is -2.36. The number of fused-ring (bicyclic) bond motifs is 1. The summed E-state index contributed by atoms with van der Waals surface area (Å²) in [6.07, 6.45) is 0.729. The number of hydrogen-bond acceptors (Lipinski definition) is 3. The summed E-state index contributed by atoms with van der Waals surface area (Å²) in [5.74, 6) is -0.352. The second-order valence-corrected chi connectivity index (χ2v) is 9.39. The van der Waals surface area contributed by atoms with Crippen molar-refractivity contribution in [3.63, 3.8) is 0 Å². The molecule has 2 aromatic rings. The van der Waals surface area contributed by atoms with E-state index >= 15 is 0 Å². The number of hydrogen-bond donors (Lipinski definition) is 1. The highest BCUT2D eigenvalue weighted by Crippen LogP contribution is 2.36. The topological polar surface area (TPSA) is 66.5 Å². The predicted molar refractivity (Wildman–Crippen MR) is 108 cm³/mol. The fourth-order valence-corrected chi connectivity index (χ4v) is 5.38. The molecule has 1 aliphatic heterocycles. The van der Waals surface area contributed by atoms with Crippen LogP contribution in [0, 0.1) is 0 Å². The highest BCUT2D eigenvalue weighted by molar-refractivity contribution is 7.89. The SMILES string of the molecule is CC(C)NS(=O)(=O)c1cc(C(=O)N2c3ccccc3CC2C)c(Cl)cc1Cl. The minimum Gasteiger partial charge on any atom is -0.305 e. The summed E-state index contributed by atoms with van der Waals surface area (Å²) < 4.78 is 27.6. The molecular weight excluding hydrogens is 407 g/mol. The number of benzene rings is 2. The van der Waals surface area contributed by atoms with Gasteiger partial charge in [-0.15, -0.1) is 0 Å². The van der Waals surface area contributed by atoms with Crippen LogP contribution < -0.4 is 9.62 Å². The second kappa shape index (κ2) is 7.43. The molecule has 144 valence electrons. The molecule has 0 aromatic heterocycles. The van der Waals surface area contributed by atoms with Gasteiger partial charge in [-0.25, -0.2) is 13.1 Å². The maximum atomic E-state index is 13.2. The molecule has 1 aliphatic rings. The molecule has 5 nitrogen and oxygen atoms in total. The minimum absolute atomic E-state index is 0.0282. The molecule has 27 heavy (non-hydrogen) atoms. The Kier molecular flexibility index (Phi) is 5.54. The molecule has 1 N–H and O–H groups in total. The van der Waals surface area contributed by atoms with E-state index in [0.717, 1.165) is 17.7 Å². The molecule has 0 saturated carbocycles. The number of carbonyl (C=O) groups excluding carboxylic acids is 1. The van der Waals surface area contributed by atoms with Crippen molar-refractivity contribution in [3.8, 4) is 0 Å². The third-order valence-electron chi connectivity index (χ3n) is 4.36. The van der Waals surface area contributed by atoms with Crippen LogP contribution in [0.4, 0.5) is 5.69 Å². The first kappa shape index (κ1) is 20.1. The number of nitrogens with one attached hydrogen (secondary N) is 1. The summed E-state index contributed by atoms with van der Waals surface area (Å²) in [4.78, 5) is 14.7. The van der Waals surface area contributed by atoms with Gasteiger partial charge in [-0.3, -0.25) is 4.79 Å². The van der Waals surface area contributed by atoms with Gasteiger partial charge in [-0.2, -0.15) is 0 Å². The number of para-hydroxylation sites is 1. The van der Waals surface area contributed by atoms with Crippen LogP contribution in [0.25, 0.3) is 0 Å². The normalized spacial score (nSPS) is 16.7. The van der Waals surface area contributed by atoms with Gasteiger partial charge in [0.05, 0.1) is 15.6 Å². The standard InChI is InChI=1S/C19H20Cl2N2O3S/c1-11(2)22-27(25,26)18-9-14(15(20)10-16(18)21)19(24)23-12(3)8-13-6-4-5-7-17(13)23/h4-7,9-12,22H,8H2,1-3H3. The molecule has 0 fully saturated rings. The number of sulfonamides is 1. The van der Waals surface area contributed by atoms with Gasteiger partial charge in [0.25, 0.3) is 5.91 Å². The van der Waals surface area contributed by atoms with E-state index in [1.165, 1.54) is 12.1 Å². The Morgan fingerprint density at radius 1 is 1.19 bits per heavy atom. The van der Waals surface area contributed by atoms with Crippen molar-refractivity contribution < 1.29 is 13.2 Å². The van der Waals surface area contributed by atoms with Crippen molar-refractivity contribution in [2.45, 2.75) is 44.2 Å². The summed E-state index contributed by atoms with van der Waals surface area (Å²) in [7, 11) is -3.87. The van der Waals surface area contributed by atoms with E-state index in [4.69, 9.17) is 23.2 Å². The molecular formula is C19H20Cl2N2O3S. The Hall–Kier alpha value is -1.60. The van der Waals surface area contributed by atoms with Crippen LogP contribution >= 0.6 is 23.2 Å². The fourth-order valence-electron chi connectivity index (χ4n) is 3.28. The van der Waals surface area contributed by atoms with E-state index in [-0.39, 0.29) is 38.5 Å². The van der Waals surface area contributed by atoms with Gasteiger partial charge < -0.3 is 4.90 Å². The van der Waals surface area contributed by atoms with Crippen LogP contribution in [0.5, 0.6) is 0 Å². The summed E-state index contributed by atoms with van der Waals surface area (Å²) in [6.45, 7) is 5.35. The van der Waals surface area contributed by atoms with Crippen LogP contribution in [0.2, 0.25) is 10.0 Å². The van der Waals surface area contributed by atoms with Crippen LogP contribution in [-0.4, -0.2) is 26.4 Å². The smallest absolute Gasteiger partial charge is 0.260 e. The first-order valence-electron chi connectivity index (χ1n) is 8.54. The van der Waals surface area contributed by atoms with E-state index in [1.54, 1.807) is 18.7 Å². The zero-order valence-electron chi connectivity index (χ0n) is 15.2. The maximum Gasteiger partial charge on any atom is 0.260 e. The maximum absolute atomic E-state index is 13.2. The zero-order chi connectivity index (χ0) is 19.9. The van der Waals surface area contributed by atoms with Gasteiger partial charge in [0.1, 0.15) is 4.90 Å². The quantitative estimate of drug-likeness (QED) is 0.793. The highest BCUT2D eigenvalue weighted by Gasteiger charge is 2.33. The Bertz CT molecular complexity index is 1010. The van der Waals surface area contributed by atoms with E-state index in [2.05, 4.69) is 4.72 Å². The lowest BCUT2D eigenvalue weighted by atomic mass is 10.1. The molecule has 0 aliphatic carbocycles. The molecule has 1 atom stereocenters. The van der Waals surface area contributed by atoms with Crippen LogP contribution in [-0.2, 0) is 16.4 Å². The summed E-state index contributed by atoms with van der Waals surface area (Å²) >= 11 is 12.4. The summed E-state index contributed by atoms with van der Waals surface area (Å²) in [6, 6.07) is 9.83. The number of amides is 1. The van der Waals surface area contributed by atoms with Gasteiger partial charge in [-0.1, -0.05) is 41.4 Å². The summed E-state index contributed by atoms with van der Waals surface area (Å²) in [5.41, 5.74) is 1.98. The van der Waals surface area contributed by atoms with Crippen LogP contribution in [0.3, 0.4) is 0 Å². The molecule has 0 spiro atoms. The van der Waals surface area contributed by atoms with E-state index < -0.39 is 10.0 Å². The lowest BCUT2D eigenvalue weighted by molar-refractivity contribution is 0.0981. The van der Waals surface area contributed by atoms with E-state index in [0.29, 0.717) is 0 Å². The first-order chi connectivity index (χ1) is 12.6. The molecule has 0 saturated heterocycles. The molecule has 3 rings (SSSR count). The number of nitrogens with zero attached hydrogens (tertiary/aromatic N) is 1. The average Bonchev–Trinajstić information content (AvgIpc) is 2.88. The van der Waals surface area contributed by atoms with Gasteiger partial charge in [0, 0.05) is 17.8 Å². The number of anilines is 1. The Labute approximate surface area is 169 Å². The predicted octanol–water partition coefficient (Wildman–Crippen LogP) is 4.27. The van der Waals surface area contributed by atoms with Crippen molar-refractivity contribution in [2.24, 2.45) is 0 Å². The first-order valence-corrected chi connectivity index (χ1v) is 10.8. The molecule has 1 heterocycles. The van der Waals surface area contributed by atoms with Crippen LogP contribution in [0.1, 0.15) is 36.7 Å². The molecule has 0 radical (unpaired) electrons. The Balaban J connectivity index is 2.07. The van der Waals surface area contributed by atoms with Crippen molar-refractivity contribution in [3.05, 3.63) is 57.6 Å². The van der Waals surface area contributed by atoms with Gasteiger partial charge in [0.15, 0.2) is 0 Å². The summed E-state index contributed by atoms with van der Waals surface area (Å²) in [5, 5.41) is 0.0876. The van der Waals surface area contributed by atoms with E-state index in [1.807, 2.05) is 31.2 Å². The van der Waals surface area contributed by atoms with Crippen molar-refractivity contribution in [1.82, 2.24) is 4.72 Å². The van der Waals surface area contributed by atoms with E-state index in [9.17, 15) is 13.2 Å². The molecule has 0 bridgehead atoms. The molecule has 1 unspecified atom stereocenters. The van der Waals surface area contributed by atoms with Crippen LogP contribution in [0.15, 0.2) is 41.3 Å². The molecule has 2 aromatic carbocycles. The zero-order valence-corrected chi connectivity index (χ0v) is 17.5. The van der Waals surface area contributed by atoms with Crippen molar-refractivity contribution in [1.29, 1.82) is 0 Å². The lowest BCUT2D eigenvalue weighted by Gasteiger charge is -2.24. The third kappa shape index (κ3) is 3.85. The van der Waals surface area contributed by atoms with Crippen molar-refractivity contribution >= 4 is 44.8 Å². The second-order valence-electron chi connectivity index (χ2n) is 6.90. The largest absolute Gasteiger partial charge is 0.305 e. The number of rotatable bonds is 4. The molecule has 8 heteroatoms. The Morgan fingerprint density at radius 3 is 2.52 bits per heavy atom. The van der Waals surface area contributed by atoms with Gasteiger partial charge >= 0.3 is 0 Å².